The first-order chi connectivity index (χ1) is 10.7. The number of nitrogens with zero attached hydrogens (tertiary/aromatic N) is 1. The van der Waals surface area contributed by atoms with E-state index in [4.69, 9.17) is 15.0 Å². The quantitative estimate of drug-likeness (QED) is 0.674. The maximum atomic E-state index is 11.6. The third kappa shape index (κ3) is 3.63. The summed E-state index contributed by atoms with van der Waals surface area (Å²) in [6.45, 7) is 8.24. The fourth-order valence-electron chi connectivity index (χ4n) is 2.18. The van der Waals surface area contributed by atoms with Crippen LogP contribution in [0.1, 0.15) is 43.7 Å². The number of carbonyl (C=O) groups is 1. The van der Waals surface area contributed by atoms with Crippen LogP contribution >= 0.6 is 0 Å². The van der Waals surface area contributed by atoms with Crippen LogP contribution in [-0.4, -0.2) is 42.9 Å². The average molecular weight is 318 g/mol. The Morgan fingerprint density at radius 3 is 2.48 bits per heavy atom. The minimum Gasteiger partial charge on any atom is -0.464 e. The van der Waals surface area contributed by atoms with E-state index in [0.717, 1.165) is 11.0 Å². The molecule has 0 spiro atoms. The Bertz CT molecular complexity index is 612. The van der Waals surface area contributed by atoms with Gasteiger partial charge < -0.3 is 19.8 Å². The Morgan fingerprint density at radius 2 is 1.96 bits per heavy atom. The van der Waals surface area contributed by atoms with E-state index >= 15 is 0 Å². The average Bonchev–Trinajstić information content (AvgIpc) is 2.72. The Labute approximate surface area is 137 Å². The van der Waals surface area contributed by atoms with Crippen molar-refractivity contribution >= 4 is 19.2 Å². The Balaban J connectivity index is 2.28. The highest BCUT2D eigenvalue weighted by atomic mass is 16.7. The molecular formula is C16H23BN2O4. The normalized spacial score (nSPS) is 19.7. The summed E-state index contributed by atoms with van der Waals surface area (Å²) in [5.41, 5.74) is 6.83. The summed E-state index contributed by atoms with van der Waals surface area (Å²) in [7, 11) is 0.808. The number of carbonyl (C=O) groups excluding carboxylic acids is 1. The molecule has 0 radical (unpaired) electrons. The zero-order chi connectivity index (χ0) is 17.3. The maximum absolute atomic E-state index is 11.6. The van der Waals surface area contributed by atoms with Crippen molar-refractivity contribution in [3.05, 3.63) is 35.1 Å². The van der Waals surface area contributed by atoms with Gasteiger partial charge >= 0.3 is 13.1 Å². The Kier molecular flexibility index (Phi) is 4.94. The van der Waals surface area contributed by atoms with Gasteiger partial charge in [-0.2, -0.15) is 0 Å². The molecule has 0 amide bonds. The van der Waals surface area contributed by atoms with Crippen LogP contribution in [-0.2, 0) is 14.0 Å². The van der Waals surface area contributed by atoms with Crippen LogP contribution < -0.4 is 5.73 Å². The molecule has 6 nitrogen and oxygen atoms in total. The third-order valence-corrected chi connectivity index (χ3v) is 4.32. The monoisotopic (exact) mass is 318 g/mol. The van der Waals surface area contributed by atoms with Crippen LogP contribution in [0.25, 0.3) is 6.08 Å². The SMILES string of the molecule is COC(=O)c1cc(C=C(CN)B2OC(C)(C)C(C)(C)O2)ccn1. The standard InChI is InChI=1S/C16H23BN2O4/c1-15(2)16(3,4)23-17(22-15)12(10-18)8-11-6-7-19-13(9-11)14(20)21-5/h6-9H,10,18H2,1-5H3. The zero-order valence-electron chi connectivity index (χ0n) is 14.3. The van der Waals surface area contributed by atoms with Gasteiger partial charge in [-0.05, 0) is 50.9 Å². The molecule has 23 heavy (non-hydrogen) atoms. The highest BCUT2D eigenvalue weighted by molar-refractivity contribution is 6.55. The van der Waals surface area contributed by atoms with Gasteiger partial charge in [-0.1, -0.05) is 6.08 Å². The fraction of sp³-hybridized carbons (Fsp3) is 0.500. The number of nitrogens with two attached hydrogens (primary N) is 1. The lowest BCUT2D eigenvalue weighted by Crippen LogP contribution is -2.41. The van der Waals surface area contributed by atoms with Gasteiger partial charge in [0.05, 0.1) is 18.3 Å². The van der Waals surface area contributed by atoms with Gasteiger partial charge in [0, 0.05) is 12.7 Å². The van der Waals surface area contributed by atoms with E-state index in [9.17, 15) is 4.79 Å². The number of ether oxygens (including phenoxy) is 1. The van der Waals surface area contributed by atoms with Crippen LogP contribution in [0.2, 0.25) is 0 Å². The summed E-state index contributed by atoms with van der Waals surface area (Å²) in [5.74, 6) is -0.481. The van der Waals surface area contributed by atoms with Crippen LogP contribution in [0.4, 0.5) is 0 Å². The number of methoxy groups -OCH3 is 1. The number of esters is 1. The molecule has 0 aliphatic carbocycles. The van der Waals surface area contributed by atoms with Gasteiger partial charge in [0.1, 0.15) is 5.69 Å². The number of aromatic nitrogens is 1. The lowest BCUT2D eigenvalue weighted by atomic mass is 9.77. The first-order valence-corrected chi connectivity index (χ1v) is 7.51. The molecule has 7 heteroatoms. The molecule has 0 unspecified atom stereocenters. The number of hydrogen-bond donors (Lipinski definition) is 1. The lowest BCUT2D eigenvalue weighted by Gasteiger charge is -2.32. The molecule has 0 atom stereocenters. The minimum atomic E-state index is -0.514. The molecule has 1 fully saturated rings. The molecule has 1 aromatic rings. The number of pyridine rings is 1. The molecule has 1 saturated heterocycles. The molecule has 1 aromatic heterocycles. The molecule has 0 bridgehead atoms. The molecular weight excluding hydrogens is 295 g/mol. The lowest BCUT2D eigenvalue weighted by molar-refractivity contribution is 0.00578. The van der Waals surface area contributed by atoms with Crippen molar-refractivity contribution in [3.63, 3.8) is 0 Å². The van der Waals surface area contributed by atoms with Gasteiger partial charge in [0.25, 0.3) is 0 Å². The van der Waals surface area contributed by atoms with Crippen molar-refractivity contribution < 1.29 is 18.8 Å². The first kappa shape index (κ1) is 17.7. The maximum Gasteiger partial charge on any atom is 0.491 e. The van der Waals surface area contributed by atoms with Crippen molar-refractivity contribution in [1.29, 1.82) is 0 Å². The molecule has 2 heterocycles. The van der Waals surface area contributed by atoms with E-state index < -0.39 is 24.3 Å². The van der Waals surface area contributed by atoms with Crippen molar-refractivity contribution in [3.8, 4) is 0 Å². The van der Waals surface area contributed by atoms with E-state index in [1.165, 1.54) is 7.11 Å². The van der Waals surface area contributed by atoms with E-state index in [1.54, 1.807) is 18.3 Å². The van der Waals surface area contributed by atoms with Crippen molar-refractivity contribution in [2.24, 2.45) is 5.73 Å². The molecule has 0 aromatic carbocycles. The Hall–Kier alpha value is -1.70. The summed E-state index contributed by atoms with van der Waals surface area (Å²) < 4.78 is 16.7. The van der Waals surface area contributed by atoms with Gasteiger partial charge in [0.15, 0.2) is 0 Å². The summed E-state index contributed by atoms with van der Waals surface area (Å²) in [4.78, 5) is 15.6. The largest absolute Gasteiger partial charge is 0.491 e. The molecule has 1 aliphatic heterocycles. The highest BCUT2D eigenvalue weighted by Crippen LogP contribution is 2.38. The number of rotatable bonds is 4. The predicted molar refractivity (Wildman–Crippen MR) is 88.7 cm³/mol. The van der Waals surface area contributed by atoms with Gasteiger partial charge in [-0.3, -0.25) is 0 Å². The van der Waals surface area contributed by atoms with Crippen molar-refractivity contribution in [1.82, 2.24) is 4.98 Å². The second kappa shape index (κ2) is 6.43. The van der Waals surface area contributed by atoms with E-state index in [-0.39, 0.29) is 12.2 Å². The van der Waals surface area contributed by atoms with Gasteiger partial charge in [0.2, 0.25) is 0 Å². The molecule has 1 aliphatic rings. The van der Waals surface area contributed by atoms with Crippen molar-refractivity contribution in [2.45, 2.75) is 38.9 Å². The topological polar surface area (TPSA) is 83.7 Å². The first-order valence-electron chi connectivity index (χ1n) is 7.51. The summed E-state index contributed by atoms with van der Waals surface area (Å²) in [6, 6.07) is 3.43. The van der Waals surface area contributed by atoms with E-state index in [0.29, 0.717) is 0 Å². The van der Waals surface area contributed by atoms with Crippen LogP contribution in [0.5, 0.6) is 0 Å². The zero-order valence-corrected chi connectivity index (χ0v) is 14.3. The summed E-state index contributed by atoms with van der Waals surface area (Å²) >= 11 is 0. The second-order valence-corrected chi connectivity index (χ2v) is 6.48. The van der Waals surface area contributed by atoms with Crippen LogP contribution in [0, 0.1) is 0 Å². The second-order valence-electron chi connectivity index (χ2n) is 6.48. The van der Waals surface area contributed by atoms with E-state index in [2.05, 4.69) is 9.72 Å². The van der Waals surface area contributed by atoms with Gasteiger partial charge in [-0.25, -0.2) is 9.78 Å². The summed E-state index contributed by atoms with van der Waals surface area (Å²) in [5, 5.41) is 0. The van der Waals surface area contributed by atoms with E-state index in [1.807, 2.05) is 33.8 Å². The smallest absolute Gasteiger partial charge is 0.464 e. The van der Waals surface area contributed by atoms with Crippen LogP contribution in [0.3, 0.4) is 0 Å². The van der Waals surface area contributed by atoms with Crippen LogP contribution in [0.15, 0.2) is 23.8 Å². The predicted octanol–water partition coefficient (Wildman–Crippen LogP) is 1.84. The fourth-order valence-corrected chi connectivity index (χ4v) is 2.18. The molecule has 0 saturated carbocycles. The molecule has 2 rings (SSSR count). The molecule has 124 valence electrons. The minimum absolute atomic E-state index is 0.242. The third-order valence-electron chi connectivity index (χ3n) is 4.32. The van der Waals surface area contributed by atoms with Gasteiger partial charge in [-0.15, -0.1) is 0 Å². The highest BCUT2D eigenvalue weighted by Gasteiger charge is 2.52. The number of hydrogen-bond acceptors (Lipinski definition) is 6. The summed E-state index contributed by atoms with van der Waals surface area (Å²) in [6.07, 6.45) is 3.41. The Morgan fingerprint density at radius 1 is 1.35 bits per heavy atom. The molecule has 2 N–H and O–H groups in total. The van der Waals surface area contributed by atoms with Crippen molar-refractivity contribution in [2.75, 3.05) is 13.7 Å².